The van der Waals surface area contributed by atoms with Crippen LogP contribution >= 0.6 is 0 Å². The van der Waals surface area contributed by atoms with E-state index in [-0.39, 0.29) is 0 Å². The molecule has 0 aliphatic rings. The number of aromatic amines is 1. The quantitative estimate of drug-likeness (QED) is 0.700. The molecule has 4 N–H and O–H groups in total. The molecule has 1 heterocycles. The van der Waals surface area contributed by atoms with Crippen molar-refractivity contribution in [1.29, 1.82) is 0 Å². The van der Waals surface area contributed by atoms with E-state index in [0.717, 1.165) is 16.5 Å². The van der Waals surface area contributed by atoms with Crippen molar-refractivity contribution in [3.05, 3.63) is 36.0 Å². The summed E-state index contributed by atoms with van der Waals surface area (Å²) in [6, 6.07) is 6.87. The largest absolute Gasteiger partial charge is 0.548 e. The summed E-state index contributed by atoms with van der Waals surface area (Å²) in [6.45, 7) is 2.72. The lowest BCUT2D eigenvalue weighted by Gasteiger charge is -2.28. The van der Waals surface area contributed by atoms with E-state index in [1.165, 1.54) is 13.8 Å². The van der Waals surface area contributed by atoms with Crippen LogP contribution in [-0.4, -0.2) is 28.4 Å². The first-order chi connectivity index (χ1) is 9.81. The van der Waals surface area contributed by atoms with Gasteiger partial charge in [0.25, 0.3) is 0 Å². The van der Waals surface area contributed by atoms with Gasteiger partial charge in [0, 0.05) is 17.1 Å². The first kappa shape index (κ1) is 15.1. The minimum atomic E-state index is -1.45. The molecule has 2 aromatic rings. The lowest BCUT2D eigenvalue weighted by atomic mass is 10.0. The SMILES string of the molecule is CC(C)(NC(=O)[C@H](N)Cc1c[nH]c2ccccc12)C(=O)[O-]. The predicted molar refractivity (Wildman–Crippen MR) is 77.2 cm³/mol. The maximum absolute atomic E-state index is 12.0. The van der Waals surface area contributed by atoms with E-state index >= 15 is 0 Å². The predicted octanol–water partition coefficient (Wildman–Crippen LogP) is -0.318. The number of H-pyrrole nitrogens is 1. The van der Waals surface area contributed by atoms with E-state index in [1.807, 2.05) is 30.5 Å². The molecule has 0 saturated carbocycles. The summed E-state index contributed by atoms with van der Waals surface area (Å²) in [5, 5.41) is 14.3. The number of carbonyl (C=O) groups excluding carboxylic acids is 2. The molecule has 1 atom stereocenters. The lowest BCUT2D eigenvalue weighted by Crippen LogP contribution is -2.59. The van der Waals surface area contributed by atoms with Crippen LogP contribution in [0.4, 0.5) is 0 Å². The molecule has 6 nitrogen and oxygen atoms in total. The molecule has 0 aliphatic carbocycles. The number of para-hydroxylation sites is 1. The number of nitrogens with one attached hydrogen (secondary N) is 2. The highest BCUT2D eigenvalue weighted by atomic mass is 16.4. The van der Waals surface area contributed by atoms with Crippen LogP contribution in [0.1, 0.15) is 19.4 Å². The third kappa shape index (κ3) is 3.22. The smallest absolute Gasteiger partial charge is 0.237 e. The summed E-state index contributed by atoms with van der Waals surface area (Å²) >= 11 is 0. The number of carboxylic acid groups (broad SMARTS) is 1. The van der Waals surface area contributed by atoms with Crippen LogP contribution in [-0.2, 0) is 16.0 Å². The van der Waals surface area contributed by atoms with Crippen molar-refractivity contribution in [2.75, 3.05) is 0 Å². The second-order valence-corrected chi connectivity index (χ2v) is 5.57. The molecule has 6 heteroatoms. The molecule has 21 heavy (non-hydrogen) atoms. The Hall–Kier alpha value is -2.34. The molecule has 2 rings (SSSR count). The van der Waals surface area contributed by atoms with Crippen LogP contribution in [0.15, 0.2) is 30.5 Å². The number of benzene rings is 1. The molecule has 0 bridgehead atoms. The van der Waals surface area contributed by atoms with E-state index < -0.39 is 23.5 Å². The maximum Gasteiger partial charge on any atom is 0.237 e. The van der Waals surface area contributed by atoms with Crippen LogP contribution in [0.5, 0.6) is 0 Å². The number of hydrogen-bond acceptors (Lipinski definition) is 4. The van der Waals surface area contributed by atoms with Gasteiger partial charge in [-0.05, 0) is 31.9 Å². The zero-order valence-electron chi connectivity index (χ0n) is 12.0. The van der Waals surface area contributed by atoms with Gasteiger partial charge in [-0.2, -0.15) is 0 Å². The van der Waals surface area contributed by atoms with Gasteiger partial charge in [-0.3, -0.25) is 4.79 Å². The summed E-state index contributed by atoms with van der Waals surface area (Å²) in [5.74, 6) is -1.87. The zero-order valence-corrected chi connectivity index (χ0v) is 12.0. The fourth-order valence-corrected chi connectivity index (χ4v) is 2.08. The van der Waals surface area contributed by atoms with Crippen molar-refractivity contribution in [3.8, 4) is 0 Å². The number of amides is 1. The Morgan fingerprint density at radius 1 is 1.38 bits per heavy atom. The number of hydrogen-bond donors (Lipinski definition) is 3. The molecule has 0 aliphatic heterocycles. The normalized spacial score (nSPS) is 13.1. The van der Waals surface area contributed by atoms with Gasteiger partial charge in [-0.15, -0.1) is 0 Å². The van der Waals surface area contributed by atoms with Crippen molar-refractivity contribution in [2.45, 2.75) is 31.8 Å². The Morgan fingerprint density at radius 3 is 2.71 bits per heavy atom. The molecular formula is C15H18N3O3-. The number of carboxylic acids is 1. The zero-order chi connectivity index (χ0) is 15.6. The maximum atomic E-state index is 12.0. The summed E-state index contributed by atoms with van der Waals surface area (Å²) in [7, 11) is 0. The molecule has 0 spiro atoms. The third-order valence-electron chi connectivity index (χ3n) is 3.40. The van der Waals surface area contributed by atoms with Gasteiger partial charge in [0.2, 0.25) is 5.91 Å². The van der Waals surface area contributed by atoms with E-state index in [1.54, 1.807) is 0 Å². The first-order valence-corrected chi connectivity index (χ1v) is 6.65. The van der Waals surface area contributed by atoms with Crippen LogP contribution in [0.25, 0.3) is 10.9 Å². The summed E-state index contributed by atoms with van der Waals surface area (Å²) in [4.78, 5) is 26.0. The molecule has 1 aromatic heterocycles. The monoisotopic (exact) mass is 288 g/mol. The second kappa shape index (κ2) is 5.57. The van der Waals surface area contributed by atoms with E-state index in [4.69, 9.17) is 5.73 Å². The molecule has 0 radical (unpaired) electrons. The van der Waals surface area contributed by atoms with E-state index in [9.17, 15) is 14.7 Å². The molecule has 112 valence electrons. The third-order valence-corrected chi connectivity index (χ3v) is 3.40. The fraction of sp³-hybridized carbons (Fsp3) is 0.333. The van der Waals surface area contributed by atoms with Gasteiger partial charge in [0.1, 0.15) is 0 Å². The highest BCUT2D eigenvalue weighted by molar-refractivity contribution is 5.89. The van der Waals surface area contributed by atoms with Crippen molar-refractivity contribution < 1.29 is 14.7 Å². The number of aromatic nitrogens is 1. The minimum Gasteiger partial charge on any atom is -0.548 e. The summed E-state index contributed by atoms with van der Waals surface area (Å²) in [6.07, 6.45) is 2.13. The van der Waals surface area contributed by atoms with Gasteiger partial charge in [0.05, 0.1) is 17.6 Å². The van der Waals surface area contributed by atoms with Gasteiger partial charge in [-0.1, -0.05) is 18.2 Å². The van der Waals surface area contributed by atoms with Gasteiger partial charge < -0.3 is 25.9 Å². The Labute approximate surface area is 122 Å². The Balaban J connectivity index is 2.09. The highest BCUT2D eigenvalue weighted by Gasteiger charge is 2.25. The van der Waals surface area contributed by atoms with Crippen LogP contribution in [0, 0.1) is 0 Å². The fourth-order valence-electron chi connectivity index (χ4n) is 2.08. The Morgan fingerprint density at radius 2 is 2.05 bits per heavy atom. The average Bonchev–Trinajstić information content (AvgIpc) is 2.81. The van der Waals surface area contributed by atoms with Gasteiger partial charge in [-0.25, -0.2) is 0 Å². The van der Waals surface area contributed by atoms with Crippen molar-refractivity contribution in [2.24, 2.45) is 5.73 Å². The number of aliphatic carboxylic acids is 1. The second-order valence-electron chi connectivity index (χ2n) is 5.57. The topological polar surface area (TPSA) is 111 Å². The minimum absolute atomic E-state index is 0.318. The molecule has 0 saturated heterocycles. The van der Waals surface area contributed by atoms with E-state index in [2.05, 4.69) is 10.3 Å². The van der Waals surface area contributed by atoms with Crippen LogP contribution < -0.4 is 16.2 Å². The van der Waals surface area contributed by atoms with Gasteiger partial charge >= 0.3 is 0 Å². The summed E-state index contributed by atoms with van der Waals surface area (Å²) in [5.41, 5.74) is 6.30. The van der Waals surface area contributed by atoms with Crippen molar-refractivity contribution in [3.63, 3.8) is 0 Å². The number of fused-ring (bicyclic) bond motifs is 1. The molecule has 1 aromatic carbocycles. The van der Waals surface area contributed by atoms with Crippen molar-refractivity contribution >= 4 is 22.8 Å². The van der Waals surface area contributed by atoms with Crippen LogP contribution in [0.2, 0.25) is 0 Å². The molecule has 1 amide bonds. The van der Waals surface area contributed by atoms with Crippen LogP contribution in [0.3, 0.4) is 0 Å². The molecule has 0 fully saturated rings. The Kier molecular flexibility index (Phi) is 3.99. The average molecular weight is 288 g/mol. The van der Waals surface area contributed by atoms with Gasteiger partial charge in [0.15, 0.2) is 0 Å². The molecular weight excluding hydrogens is 270 g/mol. The number of carbonyl (C=O) groups is 2. The Bertz CT molecular complexity index is 676. The standard InChI is InChI=1S/C15H19N3O3/c1-15(2,14(20)21)18-13(19)11(16)7-9-8-17-12-6-4-3-5-10(9)12/h3-6,8,11,17H,7,16H2,1-2H3,(H,18,19)(H,20,21)/p-1/t11-/m1/s1. The lowest BCUT2D eigenvalue weighted by molar-refractivity contribution is -0.313. The van der Waals surface area contributed by atoms with E-state index in [0.29, 0.717) is 6.42 Å². The molecule has 0 unspecified atom stereocenters. The highest BCUT2D eigenvalue weighted by Crippen LogP contribution is 2.18. The number of nitrogens with two attached hydrogens (primary N) is 1. The first-order valence-electron chi connectivity index (χ1n) is 6.65. The number of rotatable bonds is 5. The summed E-state index contributed by atoms with van der Waals surface area (Å²) < 4.78 is 0. The van der Waals surface area contributed by atoms with Crippen molar-refractivity contribution in [1.82, 2.24) is 10.3 Å².